The number of carbonyl (C=O) groups is 6. The van der Waals surface area contributed by atoms with Crippen molar-refractivity contribution in [1.82, 2.24) is 4.90 Å². The number of anilines is 1. The second-order valence-electron chi connectivity index (χ2n) is 10.9. The summed E-state index contributed by atoms with van der Waals surface area (Å²) in [7, 11) is 1.85. The van der Waals surface area contributed by atoms with Crippen LogP contribution < -0.4 is 4.90 Å². The largest absolute Gasteiger partial charge is 0.463 e. The fourth-order valence-corrected chi connectivity index (χ4v) is 5.28. The van der Waals surface area contributed by atoms with Gasteiger partial charge in [-0.1, -0.05) is 18.1 Å². The minimum atomic E-state index is -2.44. The zero-order valence-electron chi connectivity index (χ0n) is 27.3. The van der Waals surface area contributed by atoms with Crippen molar-refractivity contribution in [3.8, 4) is 12.3 Å². The Morgan fingerprint density at radius 3 is 2.04 bits per heavy atom. The molecule has 0 aliphatic carbocycles. The van der Waals surface area contributed by atoms with E-state index in [9.17, 15) is 28.8 Å². The average molecular weight is 661 g/mol. The van der Waals surface area contributed by atoms with E-state index in [4.69, 9.17) is 39.6 Å². The van der Waals surface area contributed by atoms with Gasteiger partial charge in [-0.2, -0.15) is 0 Å². The number of hydrogen-bond donors (Lipinski definition) is 0. The molecule has 0 saturated carbocycles. The molecule has 1 amide bonds. The van der Waals surface area contributed by atoms with E-state index in [1.807, 2.05) is 11.9 Å². The Labute approximate surface area is 272 Å². The lowest BCUT2D eigenvalue weighted by Gasteiger charge is -2.34. The van der Waals surface area contributed by atoms with Crippen LogP contribution in [0, 0.1) is 12.3 Å². The summed E-state index contributed by atoms with van der Waals surface area (Å²) >= 11 is 0. The van der Waals surface area contributed by atoms with Gasteiger partial charge in [-0.3, -0.25) is 24.1 Å². The number of ether oxygens (including phenoxy) is 7. The number of hydrogen-bond acceptors (Lipinski definition) is 14. The molecule has 256 valence electrons. The molecular weight excluding hydrogens is 620 g/mol. The minimum Gasteiger partial charge on any atom is -0.463 e. The first-order valence-electron chi connectivity index (χ1n) is 15.0. The van der Waals surface area contributed by atoms with Crippen LogP contribution in [0.25, 0.3) is 0 Å². The van der Waals surface area contributed by atoms with E-state index in [2.05, 4.69) is 5.92 Å². The Hall–Kier alpha value is -4.52. The highest BCUT2D eigenvalue weighted by Gasteiger charge is 2.64. The zero-order valence-corrected chi connectivity index (χ0v) is 27.3. The standard InChI is InChI=1S/C32H40N2O13/c1-8-31(47-22(6)37)25(46-28(45-21(5)36)27(31)44-20(4)35)19-43-32(29(39)41-9-2,30(40)42-10-3)17-23-11-13-24(14-12-23)34-16-15-33(7)18-26(34)38/h1,11-14,25,27-28H,9-10,15-19H2,2-7H3/t25-,27+,28+,31-/m1/s1. The Bertz CT molecular complexity index is 1370. The second-order valence-corrected chi connectivity index (χ2v) is 10.9. The van der Waals surface area contributed by atoms with Gasteiger partial charge in [-0.15, -0.1) is 6.42 Å². The number of terminal acetylenes is 1. The first kappa shape index (κ1) is 36.9. The van der Waals surface area contributed by atoms with Crippen molar-refractivity contribution in [3.05, 3.63) is 29.8 Å². The Kier molecular flexibility index (Phi) is 12.5. The van der Waals surface area contributed by atoms with Gasteiger partial charge < -0.3 is 38.1 Å². The van der Waals surface area contributed by atoms with Gasteiger partial charge in [0.1, 0.15) is 6.10 Å². The average Bonchev–Trinajstić information content (AvgIpc) is 3.26. The van der Waals surface area contributed by atoms with Gasteiger partial charge in [-0.05, 0) is 38.6 Å². The molecule has 15 nitrogen and oxygen atoms in total. The number of benzene rings is 1. The number of rotatable bonds is 13. The van der Waals surface area contributed by atoms with Crippen molar-refractivity contribution in [2.24, 2.45) is 0 Å². The van der Waals surface area contributed by atoms with Gasteiger partial charge in [0.15, 0.2) is 0 Å². The molecule has 0 spiro atoms. The second kappa shape index (κ2) is 15.9. The maximum atomic E-state index is 13.6. The van der Waals surface area contributed by atoms with Gasteiger partial charge in [0, 0.05) is 46.0 Å². The first-order chi connectivity index (χ1) is 22.2. The van der Waals surface area contributed by atoms with Gasteiger partial charge in [0.25, 0.3) is 5.60 Å². The maximum absolute atomic E-state index is 13.6. The molecule has 47 heavy (non-hydrogen) atoms. The Morgan fingerprint density at radius 1 is 0.957 bits per heavy atom. The highest BCUT2D eigenvalue weighted by molar-refractivity contribution is 6.04. The predicted molar refractivity (Wildman–Crippen MR) is 161 cm³/mol. The third kappa shape index (κ3) is 8.45. The van der Waals surface area contributed by atoms with Crippen LogP contribution in [0.1, 0.15) is 40.2 Å². The van der Waals surface area contributed by atoms with Crippen LogP contribution >= 0.6 is 0 Å². The highest BCUT2D eigenvalue weighted by atomic mass is 16.8. The number of likely N-dealkylation sites (N-methyl/N-ethyl adjacent to an activating group) is 1. The van der Waals surface area contributed by atoms with E-state index in [1.165, 1.54) is 13.8 Å². The molecule has 0 radical (unpaired) electrons. The fourth-order valence-electron chi connectivity index (χ4n) is 5.28. The van der Waals surface area contributed by atoms with E-state index >= 15 is 0 Å². The summed E-state index contributed by atoms with van der Waals surface area (Å²) in [6.07, 6.45) is 0.598. The van der Waals surface area contributed by atoms with Crippen LogP contribution in [0.15, 0.2) is 24.3 Å². The zero-order chi connectivity index (χ0) is 34.9. The van der Waals surface area contributed by atoms with Gasteiger partial charge in [0.2, 0.25) is 23.9 Å². The van der Waals surface area contributed by atoms with Crippen molar-refractivity contribution >= 4 is 41.4 Å². The molecule has 2 fully saturated rings. The van der Waals surface area contributed by atoms with Crippen molar-refractivity contribution in [1.29, 1.82) is 0 Å². The van der Waals surface area contributed by atoms with Gasteiger partial charge >= 0.3 is 29.8 Å². The quantitative estimate of drug-likeness (QED) is 0.124. The summed E-state index contributed by atoms with van der Waals surface area (Å²) < 4.78 is 38.3. The first-order valence-corrected chi connectivity index (χ1v) is 15.0. The molecule has 3 rings (SSSR count). The lowest BCUT2D eigenvalue weighted by molar-refractivity contribution is -0.206. The minimum absolute atomic E-state index is 0.0809. The summed E-state index contributed by atoms with van der Waals surface area (Å²) in [4.78, 5) is 79.5. The van der Waals surface area contributed by atoms with Crippen molar-refractivity contribution < 1.29 is 61.9 Å². The molecular formula is C32H40N2O13. The Morgan fingerprint density at radius 2 is 1.55 bits per heavy atom. The van der Waals surface area contributed by atoms with Crippen LogP contribution in [0.4, 0.5) is 5.69 Å². The summed E-state index contributed by atoms with van der Waals surface area (Å²) in [5.41, 5.74) is -3.60. The van der Waals surface area contributed by atoms with Crippen LogP contribution in [0.2, 0.25) is 0 Å². The summed E-state index contributed by atoms with van der Waals surface area (Å²) in [6.45, 7) is 6.67. The number of nitrogens with zero attached hydrogens (tertiary/aromatic N) is 2. The van der Waals surface area contributed by atoms with E-state index in [0.717, 1.165) is 20.8 Å². The van der Waals surface area contributed by atoms with E-state index in [0.29, 0.717) is 24.3 Å². The highest BCUT2D eigenvalue weighted by Crippen LogP contribution is 2.39. The fraction of sp³-hybridized carbons (Fsp3) is 0.562. The topological polar surface area (TPSA) is 174 Å². The molecule has 0 aromatic heterocycles. The van der Waals surface area contributed by atoms with Crippen molar-refractivity contribution in [2.45, 2.75) is 70.7 Å². The molecule has 2 heterocycles. The molecule has 0 unspecified atom stereocenters. The number of amides is 1. The number of esters is 5. The van der Waals surface area contributed by atoms with Crippen LogP contribution in [-0.2, 0) is 68.3 Å². The van der Waals surface area contributed by atoms with E-state index in [1.54, 1.807) is 29.2 Å². The van der Waals surface area contributed by atoms with Gasteiger partial charge in [-0.25, -0.2) is 9.59 Å². The summed E-state index contributed by atoms with van der Waals surface area (Å²) in [5.74, 6) is -2.60. The maximum Gasteiger partial charge on any atom is 0.350 e. The van der Waals surface area contributed by atoms with Gasteiger partial charge in [0.05, 0.1) is 26.4 Å². The lowest BCUT2D eigenvalue weighted by Crippen LogP contribution is -2.57. The molecule has 0 bridgehead atoms. The molecule has 1 aromatic rings. The monoisotopic (exact) mass is 660 g/mol. The van der Waals surface area contributed by atoms with Crippen LogP contribution in [-0.4, -0.2) is 117 Å². The number of carbonyl (C=O) groups excluding carboxylic acids is 6. The van der Waals surface area contributed by atoms with E-state index < -0.39 is 72.6 Å². The smallest absolute Gasteiger partial charge is 0.350 e. The number of piperazine rings is 1. The Balaban J connectivity index is 2.03. The van der Waals surface area contributed by atoms with Crippen molar-refractivity contribution in [2.75, 3.05) is 51.4 Å². The summed E-state index contributed by atoms with van der Waals surface area (Å²) in [5, 5.41) is 0. The molecule has 2 saturated heterocycles. The molecule has 2 aliphatic rings. The SMILES string of the molecule is C#C[C@@]1(OC(C)=O)[C@@H](COC(Cc2ccc(N3CCN(C)CC3=O)cc2)(C(=O)OCC)C(=O)OCC)O[C@H](OC(C)=O)[C@@H]1OC(C)=O. The molecule has 2 aliphatic heterocycles. The molecule has 15 heteroatoms. The lowest BCUT2D eigenvalue weighted by atomic mass is 9.91. The normalized spacial score (nSPS) is 23.0. The molecule has 0 N–H and O–H groups in total. The van der Waals surface area contributed by atoms with Crippen LogP contribution in [0.3, 0.4) is 0 Å². The summed E-state index contributed by atoms with van der Waals surface area (Å²) in [6, 6.07) is 6.61. The third-order valence-corrected chi connectivity index (χ3v) is 7.36. The predicted octanol–water partition coefficient (Wildman–Crippen LogP) is 0.544. The van der Waals surface area contributed by atoms with Crippen LogP contribution in [0.5, 0.6) is 0 Å². The van der Waals surface area contributed by atoms with Crippen molar-refractivity contribution in [3.63, 3.8) is 0 Å². The molecule has 4 atom stereocenters. The third-order valence-electron chi connectivity index (χ3n) is 7.36. The molecule has 1 aromatic carbocycles. The van der Waals surface area contributed by atoms with E-state index in [-0.39, 0.29) is 25.7 Å².